The normalized spacial score (nSPS) is 10.6. The molecular weight excluding hydrogens is 474 g/mol. The molecule has 4 aromatic rings. The van der Waals surface area contributed by atoms with Crippen molar-refractivity contribution < 1.29 is 14.3 Å². The van der Waals surface area contributed by atoms with Crippen molar-refractivity contribution in [1.29, 1.82) is 0 Å². The molecule has 184 valence electrons. The Bertz CT molecular complexity index is 1280. The van der Waals surface area contributed by atoms with Crippen LogP contribution in [0.15, 0.2) is 90.1 Å². The van der Waals surface area contributed by atoms with Gasteiger partial charge in [0.25, 0.3) is 0 Å². The zero-order valence-corrected chi connectivity index (χ0v) is 20.7. The number of thioether (sulfide) groups is 1. The second-order valence-corrected chi connectivity index (χ2v) is 8.77. The lowest BCUT2D eigenvalue weighted by molar-refractivity contribution is -0.117. The second kappa shape index (κ2) is 12.6. The number of rotatable bonds is 10. The first kappa shape index (κ1) is 25.0. The molecule has 1 aromatic heterocycles. The fourth-order valence-corrected chi connectivity index (χ4v) is 4.29. The molecule has 0 saturated carbocycles. The average Bonchev–Trinajstić information content (AvgIpc) is 3.30. The summed E-state index contributed by atoms with van der Waals surface area (Å²) in [5, 5.41) is 14.3. The summed E-state index contributed by atoms with van der Waals surface area (Å²) in [5.41, 5.74) is 2.91. The number of ether oxygens (including phenoxy) is 1. The van der Waals surface area contributed by atoms with Gasteiger partial charge in [-0.3, -0.25) is 14.7 Å². The Kier molecular flexibility index (Phi) is 8.72. The molecule has 3 amide bonds. The number of imide groups is 1. The lowest BCUT2D eigenvalue weighted by atomic mass is 10.1. The van der Waals surface area contributed by atoms with Crippen molar-refractivity contribution in [3.8, 4) is 11.4 Å². The Morgan fingerprint density at radius 2 is 1.56 bits per heavy atom. The molecule has 2 N–H and O–H groups in total. The molecule has 0 bridgehead atoms. The number of aromatic nitrogens is 3. The summed E-state index contributed by atoms with van der Waals surface area (Å²) >= 11 is 1.22. The van der Waals surface area contributed by atoms with Crippen molar-refractivity contribution in [2.45, 2.75) is 25.0 Å². The van der Waals surface area contributed by atoms with E-state index >= 15 is 0 Å². The Morgan fingerprint density at radius 3 is 2.22 bits per heavy atom. The Balaban J connectivity index is 1.43. The Morgan fingerprint density at radius 1 is 0.889 bits per heavy atom. The molecule has 8 nitrogen and oxygen atoms in total. The highest BCUT2D eigenvalue weighted by atomic mass is 32.2. The third-order valence-electron chi connectivity index (χ3n) is 5.19. The van der Waals surface area contributed by atoms with Crippen LogP contribution in [-0.4, -0.2) is 39.1 Å². The molecule has 0 radical (unpaired) electrons. The molecule has 0 unspecified atom stereocenters. The number of hydrogen-bond acceptors (Lipinski definition) is 6. The van der Waals surface area contributed by atoms with Crippen LogP contribution in [0.4, 0.5) is 4.79 Å². The average molecular weight is 502 g/mol. The first-order valence-electron chi connectivity index (χ1n) is 11.6. The molecule has 3 aromatic carbocycles. The predicted molar refractivity (Wildman–Crippen MR) is 139 cm³/mol. The van der Waals surface area contributed by atoms with Crippen molar-refractivity contribution in [2.75, 3.05) is 12.4 Å². The van der Waals surface area contributed by atoms with Crippen LogP contribution in [0.3, 0.4) is 0 Å². The summed E-state index contributed by atoms with van der Waals surface area (Å²) in [5.74, 6) is 1.11. The van der Waals surface area contributed by atoms with E-state index in [4.69, 9.17) is 4.74 Å². The third-order valence-corrected chi connectivity index (χ3v) is 6.12. The van der Waals surface area contributed by atoms with Crippen LogP contribution in [0, 0.1) is 0 Å². The zero-order valence-electron chi connectivity index (χ0n) is 19.9. The first-order chi connectivity index (χ1) is 17.6. The maximum absolute atomic E-state index is 12.4. The lowest BCUT2D eigenvalue weighted by Crippen LogP contribution is -2.40. The van der Waals surface area contributed by atoms with E-state index in [-0.39, 0.29) is 5.75 Å². The molecule has 0 aliphatic rings. The summed E-state index contributed by atoms with van der Waals surface area (Å²) in [6.07, 6.45) is 0.579. The van der Waals surface area contributed by atoms with Gasteiger partial charge in [-0.05, 0) is 42.3 Å². The molecule has 0 aliphatic carbocycles. The zero-order chi connectivity index (χ0) is 25.2. The van der Waals surface area contributed by atoms with Gasteiger partial charge in [-0.25, -0.2) is 4.79 Å². The van der Waals surface area contributed by atoms with Gasteiger partial charge in [-0.1, -0.05) is 72.4 Å². The van der Waals surface area contributed by atoms with Crippen molar-refractivity contribution in [3.63, 3.8) is 0 Å². The van der Waals surface area contributed by atoms with Crippen LogP contribution >= 0.6 is 11.8 Å². The topological polar surface area (TPSA) is 98.1 Å². The van der Waals surface area contributed by atoms with E-state index in [9.17, 15) is 9.59 Å². The van der Waals surface area contributed by atoms with Crippen LogP contribution in [0.2, 0.25) is 0 Å². The van der Waals surface area contributed by atoms with Gasteiger partial charge in [-0.2, -0.15) is 0 Å². The summed E-state index contributed by atoms with van der Waals surface area (Å²) in [7, 11) is 0. The van der Waals surface area contributed by atoms with E-state index in [0.717, 1.165) is 28.4 Å². The highest BCUT2D eigenvalue weighted by Gasteiger charge is 2.17. The number of nitrogens with zero attached hydrogens (tertiary/aromatic N) is 3. The summed E-state index contributed by atoms with van der Waals surface area (Å²) < 4.78 is 7.49. The van der Waals surface area contributed by atoms with Crippen LogP contribution in [0.5, 0.6) is 5.75 Å². The van der Waals surface area contributed by atoms with E-state index in [1.807, 2.05) is 96.4 Å². The fraction of sp³-hybridized carbons (Fsp3) is 0.185. The summed E-state index contributed by atoms with van der Waals surface area (Å²) in [6.45, 7) is 2.86. The molecular formula is C27H27N5O3S. The number of carbonyl (C=O) groups excluding carboxylic acids is 2. The SMILES string of the molecule is CCOc1ccc(-n2c(Cc3ccccc3)nnc2SCC(=O)NC(=O)NCc2ccccc2)cc1. The van der Waals surface area contributed by atoms with Gasteiger partial charge in [0.2, 0.25) is 5.91 Å². The molecule has 0 atom stereocenters. The predicted octanol–water partition coefficient (Wildman–Crippen LogP) is 4.37. The van der Waals surface area contributed by atoms with Crippen molar-refractivity contribution in [1.82, 2.24) is 25.4 Å². The highest BCUT2D eigenvalue weighted by molar-refractivity contribution is 7.99. The van der Waals surface area contributed by atoms with Crippen molar-refractivity contribution in [2.24, 2.45) is 0 Å². The minimum atomic E-state index is -0.540. The third kappa shape index (κ3) is 6.96. The van der Waals surface area contributed by atoms with E-state index < -0.39 is 11.9 Å². The van der Waals surface area contributed by atoms with Gasteiger partial charge in [0.15, 0.2) is 5.16 Å². The molecule has 9 heteroatoms. The number of benzene rings is 3. The number of hydrogen-bond donors (Lipinski definition) is 2. The van der Waals surface area contributed by atoms with Crippen LogP contribution in [0.25, 0.3) is 5.69 Å². The van der Waals surface area contributed by atoms with E-state index in [2.05, 4.69) is 20.8 Å². The van der Waals surface area contributed by atoms with Gasteiger partial charge >= 0.3 is 6.03 Å². The van der Waals surface area contributed by atoms with E-state index in [0.29, 0.717) is 24.7 Å². The van der Waals surface area contributed by atoms with Gasteiger partial charge in [0, 0.05) is 18.7 Å². The van der Waals surface area contributed by atoms with Crippen LogP contribution < -0.4 is 15.4 Å². The minimum Gasteiger partial charge on any atom is -0.494 e. The maximum atomic E-state index is 12.4. The van der Waals surface area contributed by atoms with Gasteiger partial charge in [0.1, 0.15) is 11.6 Å². The van der Waals surface area contributed by atoms with Crippen molar-refractivity contribution >= 4 is 23.7 Å². The lowest BCUT2D eigenvalue weighted by Gasteiger charge is -2.12. The van der Waals surface area contributed by atoms with Gasteiger partial charge < -0.3 is 10.1 Å². The monoisotopic (exact) mass is 501 g/mol. The molecule has 0 saturated heterocycles. The number of urea groups is 1. The molecule has 1 heterocycles. The van der Waals surface area contributed by atoms with Crippen molar-refractivity contribution in [3.05, 3.63) is 102 Å². The van der Waals surface area contributed by atoms with Gasteiger partial charge in [-0.15, -0.1) is 10.2 Å². The maximum Gasteiger partial charge on any atom is 0.321 e. The van der Waals surface area contributed by atoms with Crippen LogP contribution in [0.1, 0.15) is 23.9 Å². The number of nitrogens with one attached hydrogen (secondary N) is 2. The van der Waals surface area contributed by atoms with Gasteiger partial charge in [0.05, 0.1) is 12.4 Å². The number of carbonyl (C=O) groups is 2. The first-order valence-corrected chi connectivity index (χ1v) is 12.6. The summed E-state index contributed by atoms with van der Waals surface area (Å²) in [4.78, 5) is 24.6. The van der Waals surface area contributed by atoms with Crippen LogP contribution in [-0.2, 0) is 17.8 Å². The summed E-state index contributed by atoms with van der Waals surface area (Å²) in [6, 6.07) is 26.6. The van der Waals surface area contributed by atoms with E-state index in [1.165, 1.54) is 11.8 Å². The fourth-order valence-electron chi connectivity index (χ4n) is 3.52. The molecule has 0 spiro atoms. The van der Waals surface area contributed by atoms with E-state index in [1.54, 1.807) is 0 Å². The second-order valence-electron chi connectivity index (χ2n) is 7.83. The molecule has 0 fully saturated rings. The largest absolute Gasteiger partial charge is 0.494 e. The Hall–Kier alpha value is -4.11. The standard InChI is InChI=1S/C27H27N5O3S/c1-2-35-23-15-13-22(14-16-23)32-24(17-20-9-5-3-6-10-20)30-31-27(32)36-19-25(33)29-26(34)28-18-21-11-7-4-8-12-21/h3-16H,2,17-19H2,1H3,(H2,28,29,33,34). The Labute approximate surface area is 214 Å². The number of amides is 3. The molecule has 36 heavy (non-hydrogen) atoms. The molecule has 0 aliphatic heterocycles. The molecule has 4 rings (SSSR count). The highest BCUT2D eigenvalue weighted by Crippen LogP contribution is 2.25. The quantitative estimate of drug-likeness (QED) is 0.313. The smallest absolute Gasteiger partial charge is 0.321 e. The minimum absolute atomic E-state index is 0.0132.